The maximum absolute atomic E-state index is 11.7. The molecule has 0 saturated heterocycles. The number of hydrazone groups is 2. The summed E-state index contributed by atoms with van der Waals surface area (Å²) in [4.78, 5) is 45.2. The van der Waals surface area contributed by atoms with Gasteiger partial charge in [-0.15, -0.1) is 0 Å². The SMILES string of the molecule is N/N=C(\C=NCc1ccccc1)CN(CCN(C/C(C=NCc1ccccc1)=N/N)Cc1cccc(C(=O)O)n1)CC1=NC(C(=O)O)CC=C1. The standard InChI is InChI=1S/C36H42N10O4/c37-43-31(21-39-19-27-9-3-1-4-10-27)25-45(23-29-13-7-15-33(41-29)35(47)48)17-18-46(24-30-14-8-16-34(42-30)36(49)50)26-32(44-38)22-40-20-28-11-5-2-6-12-28/h1-15,21-22,34H,16-20,23-26,37-38H2,(H,47,48)(H,49,50)/b39-21?,40-22?,43-31+,44-32+. The minimum Gasteiger partial charge on any atom is -0.480 e. The number of aliphatic imine (C=N–C) groups is 3. The van der Waals surface area contributed by atoms with Gasteiger partial charge in [-0.3, -0.25) is 24.8 Å². The molecule has 0 spiro atoms. The zero-order valence-electron chi connectivity index (χ0n) is 27.7. The summed E-state index contributed by atoms with van der Waals surface area (Å²) in [6, 6.07) is 23.6. The normalized spacial score (nSPS) is 15.3. The Morgan fingerprint density at radius 2 is 1.34 bits per heavy atom. The molecule has 2 aromatic carbocycles. The first kappa shape index (κ1) is 37.0. The second-order valence-corrected chi connectivity index (χ2v) is 11.5. The number of dihydropyridines is 1. The summed E-state index contributed by atoms with van der Waals surface area (Å²) in [7, 11) is 0. The maximum Gasteiger partial charge on any atom is 0.354 e. The molecule has 1 aliphatic rings. The van der Waals surface area contributed by atoms with Crippen LogP contribution in [0, 0.1) is 0 Å². The van der Waals surface area contributed by atoms with Gasteiger partial charge >= 0.3 is 11.9 Å². The third-order valence-corrected chi connectivity index (χ3v) is 7.62. The molecule has 1 unspecified atom stereocenters. The van der Waals surface area contributed by atoms with Crippen LogP contribution in [0.25, 0.3) is 0 Å². The Labute approximate surface area is 291 Å². The van der Waals surface area contributed by atoms with E-state index in [1.54, 1.807) is 24.6 Å². The molecule has 0 bridgehead atoms. The average Bonchev–Trinajstić information content (AvgIpc) is 3.13. The number of carbonyl (C=O) groups is 2. The summed E-state index contributed by atoms with van der Waals surface area (Å²) >= 11 is 0. The van der Waals surface area contributed by atoms with Crippen molar-refractivity contribution in [2.24, 2.45) is 36.9 Å². The average molecular weight is 679 g/mol. The van der Waals surface area contributed by atoms with Gasteiger partial charge in [-0.1, -0.05) is 72.8 Å². The molecule has 14 nitrogen and oxygen atoms in total. The first-order valence-electron chi connectivity index (χ1n) is 16.0. The van der Waals surface area contributed by atoms with Gasteiger partial charge in [0.15, 0.2) is 6.04 Å². The Bertz CT molecular complexity index is 1740. The van der Waals surface area contributed by atoms with Gasteiger partial charge in [0.25, 0.3) is 0 Å². The molecule has 1 atom stereocenters. The molecule has 1 aromatic heterocycles. The molecular formula is C36H42N10O4. The van der Waals surface area contributed by atoms with Crippen LogP contribution in [0.1, 0.15) is 33.7 Å². The van der Waals surface area contributed by atoms with Crippen molar-refractivity contribution in [3.8, 4) is 0 Å². The number of aromatic nitrogens is 1. The number of aromatic carboxylic acids is 1. The number of aliphatic carboxylic acids is 1. The number of pyridine rings is 1. The van der Waals surface area contributed by atoms with Crippen molar-refractivity contribution >= 4 is 41.5 Å². The van der Waals surface area contributed by atoms with Gasteiger partial charge in [0.05, 0.1) is 30.2 Å². The van der Waals surface area contributed by atoms with Crippen molar-refractivity contribution in [2.75, 3.05) is 32.7 Å². The second-order valence-electron chi connectivity index (χ2n) is 11.5. The van der Waals surface area contributed by atoms with Crippen molar-refractivity contribution in [1.82, 2.24) is 14.8 Å². The molecule has 2 heterocycles. The van der Waals surface area contributed by atoms with Crippen molar-refractivity contribution in [3.63, 3.8) is 0 Å². The lowest BCUT2D eigenvalue weighted by Crippen LogP contribution is -2.42. The minimum atomic E-state index is -1.12. The van der Waals surface area contributed by atoms with Gasteiger partial charge in [0.1, 0.15) is 5.69 Å². The van der Waals surface area contributed by atoms with Crippen molar-refractivity contribution in [2.45, 2.75) is 32.1 Å². The fraction of sp³-hybridized carbons (Fsp3) is 0.278. The molecule has 260 valence electrons. The van der Waals surface area contributed by atoms with Gasteiger partial charge in [-0.05, 0) is 35.8 Å². The van der Waals surface area contributed by atoms with Gasteiger partial charge in [-0.2, -0.15) is 10.2 Å². The highest BCUT2D eigenvalue weighted by atomic mass is 16.4. The molecule has 0 saturated carbocycles. The fourth-order valence-electron chi connectivity index (χ4n) is 5.10. The zero-order valence-corrected chi connectivity index (χ0v) is 27.7. The minimum absolute atomic E-state index is 0.0603. The third-order valence-electron chi connectivity index (χ3n) is 7.62. The van der Waals surface area contributed by atoms with Crippen molar-refractivity contribution < 1.29 is 19.8 Å². The van der Waals surface area contributed by atoms with Gasteiger partial charge in [-0.25, -0.2) is 14.6 Å². The summed E-state index contributed by atoms with van der Waals surface area (Å²) in [5, 5.41) is 27.0. The van der Waals surface area contributed by atoms with Gasteiger partial charge < -0.3 is 21.9 Å². The highest BCUT2D eigenvalue weighted by Gasteiger charge is 2.21. The molecule has 0 fully saturated rings. The van der Waals surface area contributed by atoms with E-state index in [1.807, 2.05) is 82.6 Å². The molecule has 50 heavy (non-hydrogen) atoms. The molecule has 0 radical (unpaired) electrons. The monoisotopic (exact) mass is 678 g/mol. The largest absolute Gasteiger partial charge is 0.480 e. The van der Waals surface area contributed by atoms with E-state index in [4.69, 9.17) is 11.7 Å². The van der Waals surface area contributed by atoms with E-state index in [0.717, 1.165) is 11.1 Å². The smallest absolute Gasteiger partial charge is 0.354 e. The summed E-state index contributed by atoms with van der Waals surface area (Å²) in [6.45, 7) is 3.02. The molecular weight excluding hydrogens is 636 g/mol. The maximum atomic E-state index is 11.7. The number of benzene rings is 2. The predicted octanol–water partition coefficient (Wildman–Crippen LogP) is 2.91. The van der Waals surface area contributed by atoms with Crippen molar-refractivity contribution in [1.29, 1.82) is 0 Å². The number of carboxylic acid groups (broad SMARTS) is 2. The summed E-state index contributed by atoms with van der Waals surface area (Å²) in [5.41, 5.74) is 4.22. The van der Waals surface area contributed by atoms with Crippen LogP contribution in [0.15, 0.2) is 116 Å². The number of hydrogen-bond acceptors (Lipinski definition) is 12. The quantitative estimate of drug-likeness (QED) is 0.0834. The first-order valence-corrected chi connectivity index (χ1v) is 16.0. The lowest BCUT2D eigenvalue weighted by atomic mass is 10.1. The Hall–Kier alpha value is -5.86. The highest BCUT2D eigenvalue weighted by Crippen LogP contribution is 2.10. The van der Waals surface area contributed by atoms with Crippen molar-refractivity contribution in [3.05, 3.63) is 114 Å². The molecule has 0 amide bonds. The number of hydrogen-bond donors (Lipinski definition) is 4. The third kappa shape index (κ3) is 12.6. The lowest BCUT2D eigenvalue weighted by Gasteiger charge is -2.28. The summed E-state index contributed by atoms with van der Waals surface area (Å²) in [5.74, 6) is 9.49. The molecule has 1 aliphatic heterocycles. The molecule has 4 rings (SSSR count). The highest BCUT2D eigenvalue weighted by molar-refractivity contribution is 6.32. The topological polar surface area (TPSA) is 208 Å². The first-order chi connectivity index (χ1) is 24.3. The van der Waals surface area contributed by atoms with E-state index in [2.05, 4.69) is 30.2 Å². The predicted molar refractivity (Wildman–Crippen MR) is 196 cm³/mol. The van der Waals surface area contributed by atoms with Crippen LogP contribution >= 0.6 is 0 Å². The van der Waals surface area contributed by atoms with Crippen LogP contribution in [0.3, 0.4) is 0 Å². The van der Waals surface area contributed by atoms with Crippen LogP contribution in [0.4, 0.5) is 0 Å². The van der Waals surface area contributed by atoms with E-state index in [0.29, 0.717) is 81.6 Å². The number of nitrogens with two attached hydrogens (primary N) is 2. The number of carboxylic acids is 2. The lowest BCUT2D eigenvalue weighted by molar-refractivity contribution is -0.138. The number of nitrogens with zero attached hydrogens (tertiary/aromatic N) is 8. The van der Waals surface area contributed by atoms with E-state index >= 15 is 0 Å². The van der Waals surface area contributed by atoms with Gasteiger partial charge in [0.2, 0.25) is 0 Å². The Balaban J connectivity index is 1.54. The van der Waals surface area contributed by atoms with Crippen LogP contribution in [0.2, 0.25) is 0 Å². The zero-order chi connectivity index (χ0) is 35.6. The number of rotatable bonds is 19. The van der Waals surface area contributed by atoms with Crippen LogP contribution < -0.4 is 11.7 Å². The summed E-state index contributed by atoms with van der Waals surface area (Å²) in [6.07, 6.45) is 7.24. The Morgan fingerprint density at radius 1 is 0.780 bits per heavy atom. The Kier molecular flexibility index (Phi) is 14.7. The molecule has 14 heteroatoms. The van der Waals surface area contributed by atoms with Crippen LogP contribution in [-0.2, 0) is 24.4 Å². The van der Waals surface area contributed by atoms with E-state index < -0.39 is 18.0 Å². The molecule has 3 aromatic rings. The molecule has 6 N–H and O–H groups in total. The van der Waals surface area contributed by atoms with E-state index in [9.17, 15) is 19.8 Å². The summed E-state index contributed by atoms with van der Waals surface area (Å²) < 4.78 is 0. The molecule has 0 aliphatic carbocycles. The second kappa shape index (κ2) is 19.8. The Morgan fingerprint density at radius 3 is 1.86 bits per heavy atom. The van der Waals surface area contributed by atoms with Crippen LogP contribution in [0.5, 0.6) is 0 Å². The van der Waals surface area contributed by atoms with Crippen LogP contribution in [-0.4, -0.2) is 105 Å². The van der Waals surface area contributed by atoms with E-state index in [1.165, 1.54) is 6.07 Å². The van der Waals surface area contributed by atoms with Gasteiger partial charge in [0, 0.05) is 57.4 Å². The fourth-order valence-corrected chi connectivity index (χ4v) is 5.10. The van der Waals surface area contributed by atoms with E-state index in [-0.39, 0.29) is 5.69 Å².